The average Bonchev–Trinajstić information content (AvgIpc) is 3.02. The van der Waals surface area contributed by atoms with Gasteiger partial charge in [-0.05, 0) is 45.9 Å². The number of hydrogen-bond donors (Lipinski definition) is 1. The van der Waals surface area contributed by atoms with Crippen molar-refractivity contribution < 1.29 is 4.79 Å². The Morgan fingerprint density at radius 1 is 1.32 bits per heavy atom. The van der Waals surface area contributed by atoms with Gasteiger partial charge >= 0.3 is 0 Å². The van der Waals surface area contributed by atoms with E-state index in [2.05, 4.69) is 33.7 Å². The van der Waals surface area contributed by atoms with Gasteiger partial charge in [0.15, 0.2) is 5.13 Å². The quantitative estimate of drug-likeness (QED) is 0.796. The molecule has 3 rings (SSSR count). The highest BCUT2D eigenvalue weighted by atomic mass is 32.1. The van der Waals surface area contributed by atoms with E-state index in [4.69, 9.17) is 0 Å². The number of imidazole rings is 1. The molecule has 2 heterocycles. The number of thiazole rings is 1. The molecular formula is C16H18N4OS. The second-order valence-corrected chi connectivity index (χ2v) is 6.77. The zero-order chi connectivity index (χ0) is 15.9. The van der Waals surface area contributed by atoms with Gasteiger partial charge in [-0.3, -0.25) is 10.1 Å². The number of hydrogen-bond acceptors (Lipinski definition) is 4. The topological polar surface area (TPSA) is 59.8 Å². The van der Waals surface area contributed by atoms with Crippen molar-refractivity contribution in [2.45, 2.75) is 33.7 Å². The second kappa shape index (κ2) is 5.53. The number of nitrogens with zero attached hydrogens (tertiary/aromatic N) is 3. The van der Waals surface area contributed by atoms with E-state index in [1.807, 2.05) is 38.4 Å². The van der Waals surface area contributed by atoms with Gasteiger partial charge in [-0.15, -0.1) is 11.3 Å². The number of carbonyl (C=O) groups excluding carboxylic acids is 1. The molecule has 0 atom stereocenters. The maximum Gasteiger partial charge on any atom is 0.257 e. The molecule has 1 aromatic carbocycles. The molecule has 0 saturated carbocycles. The summed E-state index contributed by atoms with van der Waals surface area (Å²) in [5, 5.41) is 3.48. The molecule has 0 spiro atoms. The molecule has 5 nitrogen and oxygen atoms in total. The van der Waals surface area contributed by atoms with Crippen LogP contribution in [0.1, 0.15) is 40.8 Å². The van der Waals surface area contributed by atoms with Gasteiger partial charge in [-0.2, -0.15) is 0 Å². The fourth-order valence-electron chi connectivity index (χ4n) is 2.28. The summed E-state index contributed by atoms with van der Waals surface area (Å²) in [4.78, 5) is 22.2. The van der Waals surface area contributed by atoms with Crippen LogP contribution in [0, 0.1) is 13.8 Å². The van der Waals surface area contributed by atoms with E-state index in [0.717, 1.165) is 21.6 Å². The molecule has 0 aliphatic heterocycles. The number of amides is 1. The molecule has 0 radical (unpaired) electrons. The fourth-order valence-corrected chi connectivity index (χ4v) is 3.09. The molecular weight excluding hydrogens is 296 g/mol. The van der Waals surface area contributed by atoms with Gasteiger partial charge in [-0.25, -0.2) is 9.97 Å². The summed E-state index contributed by atoms with van der Waals surface area (Å²) in [7, 11) is 0. The fraction of sp³-hybridized carbons (Fsp3) is 0.312. The van der Waals surface area contributed by atoms with E-state index in [1.54, 1.807) is 0 Å². The predicted molar refractivity (Wildman–Crippen MR) is 89.7 cm³/mol. The highest BCUT2D eigenvalue weighted by Crippen LogP contribution is 2.23. The lowest BCUT2D eigenvalue weighted by atomic mass is 10.2. The standard InChI is InChI=1S/C16H18N4OS/c1-9(2)20-8-17-13-7-12(5-6-14(13)20)15(21)19-16-18-10(3)11(4)22-16/h5-9H,1-4H3,(H,18,19,21). The first-order chi connectivity index (χ1) is 10.5. The largest absolute Gasteiger partial charge is 0.328 e. The van der Waals surface area contributed by atoms with E-state index >= 15 is 0 Å². The molecule has 6 heteroatoms. The van der Waals surface area contributed by atoms with Crippen molar-refractivity contribution >= 4 is 33.4 Å². The summed E-state index contributed by atoms with van der Waals surface area (Å²) in [6.45, 7) is 8.14. The Hall–Kier alpha value is -2.21. The van der Waals surface area contributed by atoms with Crippen LogP contribution in [0.25, 0.3) is 11.0 Å². The van der Waals surface area contributed by atoms with Crippen LogP contribution in [0.5, 0.6) is 0 Å². The molecule has 1 amide bonds. The Balaban J connectivity index is 1.88. The van der Waals surface area contributed by atoms with Crippen molar-refractivity contribution in [2.75, 3.05) is 5.32 Å². The van der Waals surface area contributed by atoms with Gasteiger partial charge < -0.3 is 4.57 Å². The number of carbonyl (C=O) groups is 1. The predicted octanol–water partition coefficient (Wildman–Crippen LogP) is 3.94. The van der Waals surface area contributed by atoms with Crippen LogP contribution in [0.2, 0.25) is 0 Å². The van der Waals surface area contributed by atoms with Crippen molar-refractivity contribution in [3.8, 4) is 0 Å². The highest BCUT2D eigenvalue weighted by Gasteiger charge is 2.12. The minimum atomic E-state index is -0.158. The number of benzene rings is 1. The van der Waals surface area contributed by atoms with E-state index < -0.39 is 0 Å². The summed E-state index contributed by atoms with van der Waals surface area (Å²) in [5.74, 6) is -0.158. The van der Waals surface area contributed by atoms with Crippen LogP contribution in [0.15, 0.2) is 24.5 Å². The lowest BCUT2D eigenvalue weighted by Gasteiger charge is -2.08. The second-order valence-electron chi connectivity index (χ2n) is 5.56. The van der Waals surface area contributed by atoms with Crippen LogP contribution in [-0.4, -0.2) is 20.4 Å². The van der Waals surface area contributed by atoms with Crippen molar-refractivity contribution in [1.29, 1.82) is 0 Å². The van der Waals surface area contributed by atoms with Crippen molar-refractivity contribution in [3.63, 3.8) is 0 Å². The Morgan fingerprint density at radius 2 is 2.09 bits per heavy atom. The summed E-state index contributed by atoms with van der Waals surface area (Å²) < 4.78 is 2.09. The molecule has 0 aliphatic rings. The first-order valence-electron chi connectivity index (χ1n) is 7.17. The summed E-state index contributed by atoms with van der Waals surface area (Å²) >= 11 is 1.49. The number of aromatic nitrogens is 3. The molecule has 22 heavy (non-hydrogen) atoms. The van der Waals surface area contributed by atoms with E-state index in [-0.39, 0.29) is 5.91 Å². The lowest BCUT2D eigenvalue weighted by Crippen LogP contribution is -2.11. The molecule has 114 valence electrons. The van der Waals surface area contributed by atoms with Crippen LogP contribution < -0.4 is 5.32 Å². The molecule has 0 saturated heterocycles. The monoisotopic (exact) mass is 314 g/mol. The van der Waals surface area contributed by atoms with Crippen LogP contribution in [0.4, 0.5) is 5.13 Å². The van der Waals surface area contributed by atoms with Gasteiger partial charge in [0.25, 0.3) is 5.91 Å². The maximum absolute atomic E-state index is 12.3. The van der Waals surface area contributed by atoms with Crippen molar-refractivity contribution in [2.24, 2.45) is 0 Å². The molecule has 0 unspecified atom stereocenters. The number of aryl methyl sites for hydroxylation is 2. The number of rotatable bonds is 3. The maximum atomic E-state index is 12.3. The van der Waals surface area contributed by atoms with Crippen molar-refractivity contribution in [3.05, 3.63) is 40.7 Å². The number of anilines is 1. The molecule has 0 aliphatic carbocycles. The normalized spacial score (nSPS) is 11.3. The minimum absolute atomic E-state index is 0.158. The van der Waals surface area contributed by atoms with Gasteiger partial charge in [0.1, 0.15) is 0 Å². The number of fused-ring (bicyclic) bond motifs is 1. The van der Waals surface area contributed by atoms with E-state index in [0.29, 0.717) is 16.7 Å². The van der Waals surface area contributed by atoms with Gasteiger partial charge in [0.05, 0.1) is 23.1 Å². The van der Waals surface area contributed by atoms with Gasteiger partial charge in [0.2, 0.25) is 0 Å². The molecule has 0 fully saturated rings. The summed E-state index contributed by atoms with van der Waals surface area (Å²) in [6.07, 6.45) is 1.81. The first kappa shape index (κ1) is 14.7. The Bertz CT molecular complexity index is 828. The highest BCUT2D eigenvalue weighted by molar-refractivity contribution is 7.15. The summed E-state index contributed by atoms with van der Waals surface area (Å²) in [6, 6.07) is 5.92. The lowest BCUT2D eigenvalue weighted by molar-refractivity contribution is 0.102. The summed E-state index contributed by atoms with van der Waals surface area (Å²) in [5.41, 5.74) is 3.40. The Kier molecular flexibility index (Phi) is 3.70. The molecule has 1 N–H and O–H groups in total. The third-order valence-electron chi connectivity index (χ3n) is 3.64. The molecule has 0 bridgehead atoms. The van der Waals surface area contributed by atoms with Gasteiger partial charge in [-0.1, -0.05) is 0 Å². The molecule has 3 aromatic rings. The van der Waals surface area contributed by atoms with Crippen LogP contribution >= 0.6 is 11.3 Å². The van der Waals surface area contributed by atoms with Gasteiger partial charge in [0, 0.05) is 16.5 Å². The Labute approximate surface area is 133 Å². The zero-order valence-electron chi connectivity index (χ0n) is 13.0. The first-order valence-corrected chi connectivity index (χ1v) is 7.99. The number of nitrogens with one attached hydrogen (secondary N) is 1. The van der Waals surface area contributed by atoms with Crippen molar-refractivity contribution in [1.82, 2.24) is 14.5 Å². The third kappa shape index (κ3) is 2.62. The minimum Gasteiger partial charge on any atom is -0.328 e. The van der Waals surface area contributed by atoms with Crippen LogP contribution in [0.3, 0.4) is 0 Å². The van der Waals surface area contributed by atoms with Crippen LogP contribution in [-0.2, 0) is 0 Å². The SMILES string of the molecule is Cc1nc(NC(=O)c2ccc3c(c2)ncn3C(C)C)sc1C. The van der Waals surface area contributed by atoms with E-state index in [1.165, 1.54) is 11.3 Å². The Morgan fingerprint density at radius 3 is 2.73 bits per heavy atom. The molecule has 2 aromatic heterocycles. The third-order valence-corrected chi connectivity index (χ3v) is 4.63. The van der Waals surface area contributed by atoms with E-state index in [9.17, 15) is 4.79 Å². The average molecular weight is 314 g/mol. The smallest absolute Gasteiger partial charge is 0.257 e. The zero-order valence-corrected chi connectivity index (χ0v) is 13.9.